The van der Waals surface area contributed by atoms with E-state index < -0.39 is 0 Å². The lowest BCUT2D eigenvalue weighted by Crippen LogP contribution is -2.36. The number of hydrogen-bond acceptors (Lipinski definition) is 5. The summed E-state index contributed by atoms with van der Waals surface area (Å²) in [5.74, 6) is -0.201. The van der Waals surface area contributed by atoms with Gasteiger partial charge in [-0.25, -0.2) is 0 Å². The zero-order chi connectivity index (χ0) is 24.2. The smallest absolute Gasteiger partial charge is 0.259 e. The van der Waals surface area contributed by atoms with Crippen LogP contribution >= 0.6 is 11.3 Å². The molecule has 4 rings (SSSR count). The van der Waals surface area contributed by atoms with Crippen LogP contribution < -0.4 is 10.3 Å². The average Bonchev–Trinajstić information content (AvgIpc) is 3.26. The number of thiophene rings is 1. The van der Waals surface area contributed by atoms with E-state index in [0.717, 1.165) is 11.1 Å². The van der Waals surface area contributed by atoms with Crippen molar-refractivity contribution in [3.8, 4) is 5.75 Å². The third-order valence-electron chi connectivity index (χ3n) is 6.36. The lowest BCUT2D eigenvalue weighted by Gasteiger charge is -2.24. The molecule has 0 radical (unpaired) electrons. The van der Waals surface area contributed by atoms with Crippen molar-refractivity contribution < 1.29 is 14.3 Å². The quantitative estimate of drug-likeness (QED) is 0.544. The fourth-order valence-corrected chi connectivity index (χ4v) is 5.10. The standard InChI is InChI=1S/C26H29N3O4S/c1-18(20-7-5-4-6-8-20)25(31)28-11-9-21-24(22(33-3)15-23(30)29(21)13-12-28)26(32)27(2)16-19-10-14-34-17-19/h4-8,10,14-15,17-18H,9,11-13,16H2,1-3H3. The van der Waals surface area contributed by atoms with Gasteiger partial charge in [0.1, 0.15) is 11.3 Å². The molecule has 0 saturated carbocycles. The summed E-state index contributed by atoms with van der Waals surface area (Å²) < 4.78 is 7.09. The van der Waals surface area contributed by atoms with Crippen molar-refractivity contribution in [2.45, 2.75) is 32.4 Å². The molecule has 0 spiro atoms. The van der Waals surface area contributed by atoms with Crippen molar-refractivity contribution in [1.29, 1.82) is 0 Å². The van der Waals surface area contributed by atoms with Crippen molar-refractivity contribution in [3.05, 3.63) is 86.0 Å². The van der Waals surface area contributed by atoms with Crippen LogP contribution in [0.2, 0.25) is 0 Å². The number of hydrogen-bond donors (Lipinski definition) is 0. The number of amides is 2. The average molecular weight is 480 g/mol. The van der Waals surface area contributed by atoms with Gasteiger partial charge < -0.3 is 19.1 Å². The monoisotopic (exact) mass is 479 g/mol. The van der Waals surface area contributed by atoms with Gasteiger partial charge in [0.2, 0.25) is 5.91 Å². The Balaban J connectivity index is 1.62. The van der Waals surface area contributed by atoms with E-state index >= 15 is 0 Å². The molecule has 2 amide bonds. The highest BCUT2D eigenvalue weighted by molar-refractivity contribution is 7.07. The summed E-state index contributed by atoms with van der Waals surface area (Å²) in [5, 5.41) is 3.98. The molecular weight excluding hydrogens is 450 g/mol. The first-order valence-electron chi connectivity index (χ1n) is 11.3. The highest BCUT2D eigenvalue weighted by Gasteiger charge is 2.29. The Hall–Kier alpha value is -3.39. The number of carbonyl (C=O) groups is 2. The molecule has 8 heteroatoms. The van der Waals surface area contributed by atoms with Crippen LogP contribution in [0.3, 0.4) is 0 Å². The maximum atomic E-state index is 13.5. The number of nitrogens with zero attached hydrogens (tertiary/aromatic N) is 3. The molecule has 178 valence electrons. The molecule has 1 aromatic carbocycles. The van der Waals surface area contributed by atoms with E-state index in [9.17, 15) is 14.4 Å². The van der Waals surface area contributed by atoms with Gasteiger partial charge in [-0.05, 0) is 34.9 Å². The summed E-state index contributed by atoms with van der Waals surface area (Å²) in [5.41, 5.74) is 2.79. The number of pyridine rings is 1. The van der Waals surface area contributed by atoms with Crippen LogP contribution in [0, 0.1) is 0 Å². The van der Waals surface area contributed by atoms with E-state index in [1.807, 2.05) is 54.1 Å². The maximum Gasteiger partial charge on any atom is 0.259 e. The lowest BCUT2D eigenvalue weighted by molar-refractivity contribution is -0.132. The zero-order valence-corrected chi connectivity index (χ0v) is 20.5. The zero-order valence-electron chi connectivity index (χ0n) is 19.7. The molecular formula is C26H29N3O4S. The molecule has 0 bridgehead atoms. The van der Waals surface area contributed by atoms with Crippen LogP contribution in [0.25, 0.3) is 0 Å². The van der Waals surface area contributed by atoms with Gasteiger partial charge in [0, 0.05) is 51.4 Å². The number of aromatic nitrogens is 1. The summed E-state index contributed by atoms with van der Waals surface area (Å²) in [6, 6.07) is 13.0. The van der Waals surface area contributed by atoms with Crippen molar-refractivity contribution >= 4 is 23.2 Å². The Kier molecular flexibility index (Phi) is 7.17. The molecule has 3 aromatic rings. The van der Waals surface area contributed by atoms with Gasteiger partial charge >= 0.3 is 0 Å². The molecule has 0 N–H and O–H groups in total. The molecule has 1 atom stereocenters. The van der Waals surface area contributed by atoms with Crippen LogP contribution in [-0.4, -0.2) is 53.4 Å². The molecule has 34 heavy (non-hydrogen) atoms. The van der Waals surface area contributed by atoms with E-state index in [1.165, 1.54) is 13.2 Å². The number of methoxy groups -OCH3 is 1. The predicted octanol–water partition coefficient (Wildman–Crippen LogP) is 3.38. The minimum Gasteiger partial charge on any atom is -0.496 e. The summed E-state index contributed by atoms with van der Waals surface area (Å²) >= 11 is 1.58. The Labute approximate surface area is 203 Å². The van der Waals surface area contributed by atoms with Gasteiger partial charge in [-0.3, -0.25) is 14.4 Å². The topological polar surface area (TPSA) is 71.8 Å². The second-order valence-electron chi connectivity index (χ2n) is 8.52. The lowest BCUT2D eigenvalue weighted by atomic mass is 9.99. The molecule has 0 fully saturated rings. The minimum absolute atomic E-state index is 0.0153. The van der Waals surface area contributed by atoms with Crippen molar-refractivity contribution in [2.24, 2.45) is 0 Å². The first-order chi connectivity index (χ1) is 16.4. The van der Waals surface area contributed by atoms with Gasteiger partial charge in [0.15, 0.2) is 0 Å². The number of ether oxygens (including phenoxy) is 1. The van der Waals surface area contributed by atoms with Crippen molar-refractivity contribution in [1.82, 2.24) is 14.4 Å². The van der Waals surface area contributed by atoms with E-state index in [4.69, 9.17) is 4.74 Å². The highest BCUT2D eigenvalue weighted by Crippen LogP contribution is 2.26. The van der Waals surface area contributed by atoms with Gasteiger partial charge in [-0.1, -0.05) is 30.3 Å². The minimum atomic E-state index is -0.286. The van der Waals surface area contributed by atoms with Gasteiger partial charge in [-0.2, -0.15) is 11.3 Å². The van der Waals surface area contributed by atoms with Gasteiger partial charge in [0.25, 0.3) is 11.5 Å². The van der Waals surface area contributed by atoms with E-state index in [0.29, 0.717) is 43.9 Å². The molecule has 0 saturated heterocycles. The number of benzene rings is 1. The second kappa shape index (κ2) is 10.3. The van der Waals surface area contributed by atoms with Crippen LogP contribution in [0.5, 0.6) is 5.75 Å². The molecule has 2 aromatic heterocycles. The summed E-state index contributed by atoms with van der Waals surface area (Å²) in [6.45, 7) is 3.53. The molecule has 1 unspecified atom stereocenters. The fourth-order valence-electron chi connectivity index (χ4n) is 4.44. The van der Waals surface area contributed by atoms with E-state index in [-0.39, 0.29) is 29.0 Å². The predicted molar refractivity (Wildman–Crippen MR) is 133 cm³/mol. The number of fused-ring (bicyclic) bond motifs is 1. The first-order valence-corrected chi connectivity index (χ1v) is 12.3. The van der Waals surface area contributed by atoms with Gasteiger partial charge in [-0.15, -0.1) is 0 Å². The van der Waals surface area contributed by atoms with Crippen molar-refractivity contribution in [2.75, 3.05) is 27.2 Å². The summed E-state index contributed by atoms with van der Waals surface area (Å²) in [4.78, 5) is 43.1. The molecule has 0 aliphatic carbocycles. The Morgan fingerprint density at radius 3 is 2.59 bits per heavy atom. The Morgan fingerprint density at radius 1 is 1.15 bits per heavy atom. The van der Waals surface area contributed by atoms with E-state index in [1.54, 1.807) is 32.8 Å². The van der Waals surface area contributed by atoms with Gasteiger partial charge in [0.05, 0.1) is 13.0 Å². The fraction of sp³-hybridized carbons (Fsp3) is 0.346. The normalized spacial score (nSPS) is 14.1. The Morgan fingerprint density at radius 2 is 1.91 bits per heavy atom. The number of rotatable bonds is 6. The molecule has 7 nitrogen and oxygen atoms in total. The first kappa shape index (κ1) is 23.8. The number of carbonyl (C=O) groups excluding carboxylic acids is 2. The van der Waals surface area contributed by atoms with E-state index in [2.05, 4.69) is 0 Å². The van der Waals surface area contributed by atoms with Crippen LogP contribution in [0.4, 0.5) is 0 Å². The molecule has 1 aliphatic rings. The SMILES string of the molecule is COc1cc(=O)n2c(c1C(=O)N(C)Cc1ccsc1)CCN(C(=O)C(C)c1ccccc1)CC2. The molecule has 1 aliphatic heterocycles. The summed E-state index contributed by atoms with van der Waals surface area (Å²) in [7, 11) is 3.21. The third-order valence-corrected chi connectivity index (χ3v) is 7.09. The maximum absolute atomic E-state index is 13.5. The highest BCUT2D eigenvalue weighted by atomic mass is 32.1. The Bertz CT molecular complexity index is 1220. The second-order valence-corrected chi connectivity index (χ2v) is 9.30. The van der Waals surface area contributed by atoms with Crippen molar-refractivity contribution in [3.63, 3.8) is 0 Å². The van der Waals surface area contributed by atoms with Crippen LogP contribution in [0.15, 0.2) is 58.0 Å². The largest absolute Gasteiger partial charge is 0.496 e. The molecule has 3 heterocycles. The van der Waals surface area contributed by atoms with Crippen LogP contribution in [-0.2, 0) is 24.3 Å². The van der Waals surface area contributed by atoms with Crippen LogP contribution in [0.1, 0.15) is 40.0 Å². The third kappa shape index (κ3) is 4.77. The summed E-state index contributed by atoms with van der Waals surface area (Å²) in [6.07, 6.45) is 0.396.